The van der Waals surface area contributed by atoms with Crippen LogP contribution in [-0.4, -0.2) is 72.7 Å². The van der Waals surface area contributed by atoms with E-state index in [0.29, 0.717) is 24.1 Å². The molecule has 3 aromatic rings. The molecule has 2 aromatic heterocycles. The maximum absolute atomic E-state index is 14.0. The van der Waals surface area contributed by atoms with Crippen LogP contribution in [0.3, 0.4) is 0 Å². The van der Waals surface area contributed by atoms with Gasteiger partial charge in [0.05, 0.1) is 37.0 Å². The van der Waals surface area contributed by atoms with Gasteiger partial charge in [-0.3, -0.25) is 4.90 Å². The van der Waals surface area contributed by atoms with Gasteiger partial charge in [-0.15, -0.1) is 23.1 Å². The molecule has 6 rings (SSSR count). The second-order valence-corrected chi connectivity index (χ2v) is 12.4. The van der Waals surface area contributed by atoms with Gasteiger partial charge in [0.1, 0.15) is 5.56 Å². The summed E-state index contributed by atoms with van der Waals surface area (Å²) < 4.78 is 53.0. The van der Waals surface area contributed by atoms with Crippen molar-refractivity contribution in [3.8, 4) is 10.6 Å². The van der Waals surface area contributed by atoms with E-state index in [1.165, 1.54) is 11.3 Å². The minimum atomic E-state index is -4.57. The molecule has 1 unspecified atom stereocenters. The summed E-state index contributed by atoms with van der Waals surface area (Å²) in [5, 5.41) is 3.21. The molecular weight excluding hydrogens is 559 g/mol. The fraction of sp³-hybridized carbons (Fsp3) is 0.500. The number of anilines is 3. The molecule has 0 radical (unpaired) electrons. The van der Waals surface area contributed by atoms with E-state index in [9.17, 15) is 13.2 Å². The van der Waals surface area contributed by atoms with Crippen LogP contribution >= 0.6 is 23.1 Å². The summed E-state index contributed by atoms with van der Waals surface area (Å²) >= 11 is 2.90. The molecule has 12 heteroatoms. The van der Waals surface area contributed by atoms with Crippen molar-refractivity contribution >= 4 is 40.4 Å². The SMILES string of the molecule is CCc1cc(N2CCC(N3CCOCC3)C2)ccc1Nc1ncc(C(F)(F)F)c(-c2cc3c(s2)COCCS3)n1. The molecule has 0 amide bonds. The largest absolute Gasteiger partial charge is 0.420 e. The van der Waals surface area contributed by atoms with Crippen LogP contribution in [0.4, 0.5) is 30.5 Å². The average Bonchev–Trinajstić information content (AvgIpc) is 3.56. The third-order valence-electron chi connectivity index (χ3n) is 7.62. The van der Waals surface area contributed by atoms with Crippen molar-refractivity contribution in [2.45, 2.75) is 43.5 Å². The highest BCUT2D eigenvalue weighted by Crippen LogP contribution is 2.43. The molecule has 0 aliphatic carbocycles. The highest BCUT2D eigenvalue weighted by molar-refractivity contribution is 7.99. The van der Waals surface area contributed by atoms with Crippen molar-refractivity contribution < 1.29 is 22.6 Å². The lowest BCUT2D eigenvalue weighted by molar-refractivity contribution is -0.137. The number of halogens is 3. The highest BCUT2D eigenvalue weighted by atomic mass is 32.2. The molecule has 7 nitrogen and oxygen atoms in total. The molecular formula is C28H32F3N5O2S2. The molecule has 1 aromatic carbocycles. The Morgan fingerprint density at radius 2 is 1.95 bits per heavy atom. The van der Waals surface area contributed by atoms with Crippen LogP contribution in [0.5, 0.6) is 0 Å². The average molecular weight is 592 g/mol. The summed E-state index contributed by atoms with van der Waals surface area (Å²) in [5.41, 5.74) is 2.08. The number of alkyl halides is 3. The number of ether oxygens (including phenoxy) is 2. The smallest absolute Gasteiger partial charge is 0.379 e. The van der Waals surface area contributed by atoms with E-state index >= 15 is 0 Å². The number of fused-ring (bicyclic) bond motifs is 1. The van der Waals surface area contributed by atoms with Crippen LogP contribution in [0.2, 0.25) is 0 Å². The number of thioether (sulfide) groups is 1. The Hall–Kier alpha value is -2.38. The number of nitrogens with one attached hydrogen (secondary N) is 1. The van der Waals surface area contributed by atoms with Gasteiger partial charge in [-0.2, -0.15) is 13.2 Å². The molecule has 1 atom stereocenters. The van der Waals surface area contributed by atoms with Crippen LogP contribution in [0.15, 0.2) is 35.4 Å². The van der Waals surface area contributed by atoms with Gasteiger partial charge in [0.25, 0.3) is 0 Å². The van der Waals surface area contributed by atoms with Gasteiger partial charge < -0.3 is 19.7 Å². The molecule has 1 N–H and O–H groups in total. The normalized spacial score (nSPS) is 20.4. The lowest BCUT2D eigenvalue weighted by Gasteiger charge is -2.32. The number of hydrogen-bond donors (Lipinski definition) is 1. The number of thiophene rings is 1. The van der Waals surface area contributed by atoms with Gasteiger partial charge in [0, 0.05) is 65.3 Å². The third kappa shape index (κ3) is 5.96. The van der Waals surface area contributed by atoms with Crippen molar-refractivity contribution in [1.29, 1.82) is 0 Å². The number of rotatable bonds is 6. The van der Waals surface area contributed by atoms with Crippen molar-refractivity contribution in [1.82, 2.24) is 14.9 Å². The summed E-state index contributed by atoms with van der Waals surface area (Å²) in [7, 11) is 0. The lowest BCUT2D eigenvalue weighted by atomic mass is 10.1. The Balaban J connectivity index is 1.24. The molecule has 40 heavy (non-hydrogen) atoms. The second-order valence-electron chi connectivity index (χ2n) is 10.1. The molecule has 2 fully saturated rings. The Morgan fingerprint density at radius 3 is 2.75 bits per heavy atom. The zero-order valence-electron chi connectivity index (χ0n) is 22.3. The first kappa shape index (κ1) is 27.8. The number of aryl methyl sites for hydroxylation is 1. The van der Waals surface area contributed by atoms with Crippen LogP contribution < -0.4 is 10.2 Å². The molecule has 0 spiro atoms. The predicted molar refractivity (Wildman–Crippen MR) is 153 cm³/mol. The lowest BCUT2D eigenvalue weighted by Crippen LogP contribution is -2.44. The van der Waals surface area contributed by atoms with E-state index in [2.05, 4.69) is 44.1 Å². The van der Waals surface area contributed by atoms with Crippen molar-refractivity contribution in [2.24, 2.45) is 0 Å². The fourth-order valence-electron chi connectivity index (χ4n) is 5.49. The molecule has 0 saturated carbocycles. The van der Waals surface area contributed by atoms with E-state index in [1.54, 1.807) is 17.8 Å². The molecule has 214 valence electrons. The van der Waals surface area contributed by atoms with E-state index in [-0.39, 0.29) is 11.6 Å². The van der Waals surface area contributed by atoms with E-state index in [1.807, 2.05) is 6.07 Å². The fourth-order valence-corrected chi connectivity index (χ4v) is 7.71. The second kappa shape index (κ2) is 11.8. The number of benzene rings is 1. The quantitative estimate of drug-likeness (QED) is 0.371. The summed E-state index contributed by atoms with van der Waals surface area (Å²) in [4.78, 5) is 15.8. The topological polar surface area (TPSA) is 62.8 Å². The van der Waals surface area contributed by atoms with Crippen LogP contribution in [-0.2, 0) is 28.7 Å². The van der Waals surface area contributed by atoms with Crippen LogP contribution in [0.1, 0.15) is 29.3 Å². The van der Waals surface area contributed by atoms with Crippen molar-refractivity contribution in [3.05, 3.63) is 46.5 Å². The molecule has 2 saturated heterocycles. The first-order valence-electron chi connectivity index (χ1n) is 13.6. The summed E-state index contributed by atoms with van der Waals surface area (Å²) in [6, 6.07) is 8.55. The minimum Gasteiger partial charge on any atom is -0.379 e. The third-order valence-corrected chi connectivity index (χ3v) is 9.91. The van der Waals surface area contributed by atoms with E-state index < -0.39 is 11.7 Å². The van der Waals surface area contributed by atoms with Gasteiger partial charge in [-0.25, -0.2) is 9.97 Å². The predicted octanol–water partition coefficient (Wildman–Crippen LogP) is 6.06. The molecule has 0 bridgehead atoms. The number of hydrogen-bond acceptors (Lipinski definition) is 9. The molecule has 3 aliphatic heterocycles. The first-order valence-corrected chi connectivity index (χ1v) is 15.4. The Labute approximate surface area is 240 Å². The summed E-state index contributed by atoms with van der Waals surface area (Å²) in [6.07, 6.45) is -1.79. The van der Waals surface area contributed by atoms with Gasteiger partial charge in [0.2, 0.25) is 5.95 Å². The van der Waals surface area contributed by atoms with Crippen molar-refractivity contribution in [2.75, 3.05) is 62.0 Å². The van der Waals surface area contributed by atoms with Gasteiger partial charge in [-0.1, -0.05) is 6.92 Å². The number of nitrogens with zero attached hydrogens (tertiary/aromatic N) is 4. The van der Waals surface area contributed by atoms with Crippen LogP contribution in [0, 0.1) is 0 Å². The zero-order valence-corrected chi connectivity index (χ0v) is 23.9. The Morgan fingerprint density at radius 1 is 1.10 bits per heavy atom. The number of aromatic nitrogens is 2. The van der Waals surface area contributed by atoms with E-state index in [4.69, 9.17) is 9.47 Å². The Kier molecular flexibility index (Phi) is 8.23. The maximum atomic E-state index is 14.0. The van der Waals surface area contributed by atoms with Gasteiger partial charge in [-0.05, 0) is 42.7 Å². The zero-order chi connectivity index (χ0) is 27.7. The maximum Gasteiger partial charge on any atom is 0.420 e. The minimum absolute atomic E-state index is 0.107. The Bertz CT molecular complexity index is 1320. The highest BCUT2D eigenvalue weighted by Gasteiger charge is 2.36. The summed E-state index contributed by atoms with van der Waals surface area (Å²) in [6.45, 7) is 8.64. The van der Waals surface area contributed by atoms with Crippen molar-refractivity contribution in [3.63, 3.8) is 0 Å². The standard InChI is InChI=1S/C28H32F3N5O2S2/c1-2-18-13-19(36-6-5-20(16-36)35-7-9-37-10-8-35)3-4-22(18)33-27-32-15-21(28(29,30)31)26(34-27)24-14-23-25(40-24)17-38-11-12-39-23/h3-4,13-15,20H,2,5-12,16-17H2,1H3,(H,32,33,34). The summed E-state index contributed by atoms with van der Waals surface area (Å²) in [5.74, 6) is 0.916. The monoisotopic (exact) mass is 591 g/mol. The van der Waals surface area contributed by atoms with E-state index in [0.717, 1.165) is 90.9 Å². The molecule has 3 aliphatic rings. The van der Waals surface area contributed by atoms with Gasteiger partial charge >= 0.3 is 6.18 Å². The van der Waals surface area contributed by atoms with Gasteiger partial charge in [0.15, 0.2) is 0 Å². The molecule has 5 heterocycles. The van der Waals surface area contributed by atoms with Crippen LogP contribution in [0.25, 0.3) is 10.6 Å². The number of morpholine rings is 1. The first-order chi connectivity index (χ1) is 19.4.